The minimum absolute atomic E-state index is 0.204. The Morgan fingerprint density at radius 3 is 2.59 bits per heavy atom. The molecule has 1 heterocycles. The Morgan fingerprint density at radius 1 is 0.926 bits per heavy atom. The average Bonchev–Trinajstić information content (AvgIpc) is 2.63. The van der Waals surface area contributed by atoms with Crippen LogP contribution in [0.25, 0.3) is 22.0 Å². The molecule has 0 unspecified atom stereocenters. The molecular weight excluding hydrogens is 426 g/mol. The van der Waals surface area contributed by atoms with E-state index in [-0.39, 0.29) is 5.95 Å². The monoisotopic (exact) mass is 439 g/mol. The van der Waals surface area contributed by atoms with Crippen LogP contribution in [-0.2, 0) is 0 Å². The smallest absolute Gasteiger partial charge is 0.222 e. The van der Waals surface area contributed by atoms with Crippen molar-refractivity contribution in [3.63, 3.8) is 0 Å². The van der Waals surface area contributed by atoms with Crippen LogP contribution in [0.15, 0.2) is 65.1 Å². The van der Waals surface area contributed by atoms with Crippen molar-refractivity contribution < 1.29 is 0 Å². The number of nitrogens with zero attached hydrogens (tertiary/aromatic N) is 2. The van der Waals surface area contributed by atoms with Gasteiger partial charge in [-0.1, -0.05) is 39.7 Å². The third-order valence-electron chi connectivity index (χ3n) is 4.13. The van der Waals surface area contributed by atoms with Crippen LogP contribution in [0.5, 0.6) is 0 Å². The predicted octanol–water partition coefficient (Wildman–Crippen LogP) is 5.62. The van der Waals surface area contributed by atoms with E-state index in [4.69, 9.17) is 23.1 Å². The van der Waals surface area contributed by atoms with E-state index >= 15 is 0 Å². The highest BCUT2D eigenvalue weighted by Crippen LogP contribution is 2.33. The van der Waals surface area contributed by atoms with E-state index in [9.17, 15) is 0 Å². The fourth-order valence-electron chi connectivity index (χ4n) is 2.89. The van der Waals surface area contributed by atoms with Gasteiger partial charge in [0.1, 0.15) is 5.82 Å². The van der Waals surface area contributed by atoms with Crippen LogP contribution in [-0.4, -0.2) is 9.97 Å². The molecule has 0 saturated carbocycles. The number of hydrogen-bond acceptors (Lipinski definition) is 5. The van der Waals surface area contributed by atoms with Crippen molar-refractivity contribution in [3.8, 4) is 11.1 Å². The molecule has 4 rings (SSSR count). The van der Waals surface area contributed by atoms with Crippen molar-refractivity contribution in [1.29, 1.82) is 0 Å². The highest BCUT2D eigenvalue weighted by molar-refractivity contribution is 9.10. The van der Waals surface area contributed by atoms with Crippen LogP contribution in [0.2, 0.25) is 5.02 Å². The van der Waals surface area contributed by atoms with Crippen LogP contribution in [0.4, 0.5) is 23.1 Å². The number of hydrogen-bond donors (Lipinski definition) is 3. The highest BCUT2D eigenvalue weighted by atomic mass is 79.9. The van der Waals surface area contributed by atoms with E-state index in [0.717, 1.165) is 32.2 Å². The second-order valence-corrected chi connectivity index (χ2v) is 7.38. The third kappa shape index (κ3) is 3.67. The lowest BCUT2D eigenvalue weighted by Crippen LogP contribution is -2.01. The fourth-order valence-corrected chi connectivity index (χ4v) is 3.46. The molecular formula is C20H15BrClN5. The zero-order valence-electron chi connectivity index (χ0n) is 14.1. The summed E-state index contributed by atoms with van der Waals surface area (Å²) in [5.41, 5.74) is 16.1. The zero-order valence-corrected chi connectivity index (χ0v) is 16.4. The van der Waals surface area contributed by atoms with Gasteiger partial charge in [-0.05, 0) is 54.1 Å². The van der Waals surface area contributed by atoms with Crippen molar-refractivity contribution in [2.24, 2.45) is 0 Å². The van der Waals surface area contributed by atoms with E-state index in [1.807, 2.05) is 48.5 Å². The predicted molar refractivity (Wildman–Crippen MR) is 116 cm³/mol. The molecule has 5 nitrogen and oxygen atoms in total. The molecule has 3 aromatic carbocycles. The van der Waals surface area contributed by atoms with Gasteiger partial charge in [-0.3, -0.25) is 0 Å². The SMILES string of the molecule is Nc1nc(Nc2cccc(Br)c2)c2cc(-c3cc(Cl)ccc3N)ccc2n1. The summed E-state index contributed by atoms with van der Waals surface area (Å²) < 4.78 is 0.964. The summed E-state index contributed by atoms with van der Waals surface area (Å²) in [7, 11) is 0. The van der Waals surface area contributed by atoms with Crippen LogP contribution in [0.3, 0.4) is 0 Å². The normalized spacial score (nSPS) is 10.9. The summed E-state index contributed by atoms with van der Waals surface area (Å²) in [5.74, 6) is 0.827. The van der Waals surface area contributed by atoms with Gasteiger partial charge in [0.25, 0.3) is 0 Å². The maximum Gasteiger partial charge on any atom is 0.222 e. The summed E-state index contributed by atoms with van der Waals surface area (Å²) in [6.45, 7) is 0. The van der Waals surface area contributed by atoms with Crippen LogP contribution >= 0.6 is 27.5 Å². The molecule has 0 aliphatic heterocycles. The van der Waals surface area contributed by atoms with Crippen molar-refractivity contribution >= 4 is 61.6 Å². The average molecular weight is 441 g/mol. The van der Waals surface area contributed by atoms with E-state index in [1.54, 1.807) is 12.1 Å². The molecule has 0 saturated heterocycles. The van der Waals surface area contributed by atoms with Crippen LogP contribution in [0.1, 0.15) is 0 Å². The molecule has 0 amide bonds. The van der Waals surface area contributed by atoms with E-state index in [1.165, 1.54) is 0 Å². The summed E-state index contributed by atoms with van der Waals surface area (Å²) >= 11 is 9.62. The first kappa shape index (κ1) is 17.6. The van der Waals surface area contributed by atoms with E-state index in [0.29, 0.717) is 16.5 Å². The number of anilines is 4. The first-order chi connectivity index (χ1) is 13.0. The fraction of sp³-hybridized carbons (Fsp3) is 0. The number of aromatic nitrogens is 2. The Hall–Kier alpha value is -2.83. The maximum absolute atomic E-state index is 6.15. The van der Waals surface area contributed by atoms with Crippen molar-refractivity contribution in [1.82, 2.24) is 9.97 Å². The maximum atomic E-state index is 6.15. The van der Waals surface area contributed by atoms with Crippen molar-refractivity contribution in [2.45, 2.75) is 0 Å². The lowest BCUT2D eigenvalue weighted by Gasteiger charge is -2.12. The lowest BCUT2D eigenvalue weighted by atomic mass is 10.0. The molecule has 0 aliphatic carbocycles. The van der Waals surface area contributed by atoms with Gasteiger partial charge in [-0.15, -0.1) is 0 Å². The van der Waals surface area contributed by atoms with Gasteiger partial charge in [0.15, 0.2) is 0 Å². The molecule has 0 aliphatic rings. The molecule has 134 valence electrons. The largest absolute Gasteiger partial charge is 0.398 e. The molecule has 7 heteroatoms. The molecule has 27 heavy (non-hydrogen) atoms. The van der Waals surface area contributed by atoms with Gasteiger partial charge in [-0.2, -0.15) is 4.98 Å². The molecule has 5 N–H and O–H groups in total. The Morgan fingerprint density at radius 2 is 1.78 bits per heavy atom. The third-order valence-corrected chi connectivity index (χ3v) is 4.86. The van der Waals surface area contributed by atoms with Gasteiger partial charge in [0.2, 0.25) is 5.95 Å². The highest BCUT2D eigenvalue weighted by Gasteiger charge is 2.11. The first-order valence-electron chi connectivity index (χ1n) is 8.15. The molecule has 0 radical (unpaired) electrons. The molecule has 0 bridgehead atoms. The van der Waals surface area contributed by atoms with Crippen molar-refractivity contribution in [3.05, 3.63) is 70.2 Å². The molecule has 0 fully saturated rings. The molecule has 4 aromatic rings. The number of nitrogens with two attached hydrogens (primary N) is 2. The Bertz CT molecular complexity index is 1160. The van der Waals surface area contributed by atoms with Gasteiger partial charge >= 0.3 is 0 Å². The summed E-state index contributed by atoms with van der Waals surface area (Å²) in [5, 5.41) is 4.77. The van der Waals surface area contributed by atoms with E-state index in [2.05, 4.69) is 31.2 Å². The van der Waals surface area contributed by atoms with Gasteiger partial charge in [0.05, 0.1) is 5.52 Å². The van der Waals surface area contributed by atoms with Gasteiger partial charge < -0.3 is 16.8 Å². The Labute approximate surface area is 169 Å². The minimum atomic E-state index is 0.204. The first-order valence-corrected chi connectivity index (χ1v) is 9.32. The Kier molecular flexibility index (Phi) is 4.59. The topological polar surface area (TPSA) is 89.8 Å². The number of benzene rings is 3. The van der Waals surface area contributed by atoms with Gasteiger partial charge in [-0.25, -0.2) is 4.98 Å². The lowest BCUT2D eigenvalue weighted by molar-refractivity contribution is 1.23. The summed E-state index contributed by atoms with van der Waals surface area (Å²) in [6, 6.07) is 19.0. The van der Waals surface area contributed by atoms with Crippen LogP contribution < -0.4 is 16.8 Å². The second-order valence-electron chi connectivity index (χ2n) is 6.03. The standard InChI is InChI=1S/C20H15BrClN5/c21-12-2-1-3-14(9-12)25-19-16-8-11(4-7-18(16)26-20(24)27-19)15-10-13(22)5-6-17(15)23/h1-10H,23H2,(H3,24,25,26,27). The number of fused-ring (bicyclic) bond motifs is 1. The van der Waals surface area contributed by atoms with E-state index < -0.39 is 0 Å². The Balaban J connectivity index is 1.87. The number of nitrogens with one attached hydrogen (secondary N) is 1. The number of halogens is 2. The molecule has 1 aromatic heterocycles. The number of nitrogen functional groups attached to an aromatic ring is 2. The molecule has 0 atom stereocenters. The van der Waals surface area contributed by atoms with Gasteiger partial charge in [0, 0.05) is 31.8 Å². The number of rotatable bonds is 3. The molecule has 0 spiro atoms. The zero-order chi connectivity index (χ0) is 19.0. The van der Waals surface area contributed by atoms with Crippen LogP contribution in [0, 0.1) is 0 Å². The van der Waals surface area contributed by atoms with Crippen molar-refractivity contribution in [2.75, 3.05) is 16.8 Å². The summed E-state index contributed by atoms with van der Waals surface area (Å²) in [4.78, 5) is 8.71. The summed E-state index contributed by atoms with van der Waals surface area (Å²) in [6.07, 6.45) is 0. The quantitative estimate of drug-likeness (QED) is 0.360. The minimum Gasteiger partial charge on any atom is -0.398 e. The second kappa shape index (κ2) is 7.06.